The zero-order valence-corrected chi connectivity index (χ0v) is 8.08. The van der Waals surface area contributed by atoms with Crippen LogP contribution in [0.2, 0.25) is 0 Å². The van der Waals surface area contributed by atoms with Crippen molar-refractivity contribution in [2.45, 2.75) is 25.1 Å². The average Bonchev–Trinajstić information content (AvgIpc) is 2.68. The quantitative estimate of drug-likeness (QED) is 0.533. The third-order valence-electron chi connectivity index (χ3n) is 2.18. The van der Waals surface area contributed by atoms with Crippen molar-refractivity contribution in [1.82, 2.24) is 4.90 Å². The van der Waals surface area contributed by atoms with Crippen molar-refractivity contribution in [1.29, 1.82) is 0 Å². The van der Waals surface area contributed by atoms with Gasteiger partial charge in [0.1, 0.15) is 0 Å². The second kappa shape index (κ2) is 4.49. The van der Waals surface area contributed by atoms with Crippen LogP contribution in [-0.2, 0) is 0 Å². The highest BCUT2D eigenvalue weighted by atomic mass is 35.5. The van der Waals surface area contributed by atoms with Gasteiger partial charge in [0.25, 0.3) is 0 Å². The molecule has 0 saturated carbocycles. The highest BCUT2D eigenvalue weighted by molar-refractivity contribution is 6.25. The summed E-state index contributed by atoms with van der Waals surface area (Å²) in [6.45, 7) is 0.173. The van der Waals surface area contributed by atoms with Crippen molar-refractivity contribution in [2.24, 2.45) is 0 Å². The number of halogens is 5. The van der Waals surface area contributed by atoms with E-state index < -0.39 is 18.0 Å². The summed E-state index contributed by atoms with van der Waals surface area (Å²) in [7, 11) is 0. The molecule has 1 aliphatic heterocycles. The van der Waals surface area contributed by atoms with E-state index >= 15 is 0 Å². The van der Waals surface area contributed by atoms with Crippen LogP contribution < -0.4 is 0 Å². The van der Waals surface area contributed by atoms with Crippen LogP contribution in [0, 0.1) is 0 Å². The molecule has 0 radical (unpaired) electrons. The molecule has 1 atom stereocenters. The van der Waals surface area contributed by atoms with Crippen molar-refractivity contribution < 1.29 is 17.6 Å². The lowest BCUT2D eigenvalue weighted by Crippen LogP contribution is -2.47. The van der Waals surface area contributed by atoms with Gasteiger partial charge in [0.2, 0.25) is 6.17 Å². The molecule has 0 aliphatic carbocycles. The average molecular weight is 232 g/mol. The van der Waals surface area contributed by atoms with Gasteiger partial charge in [-0.25, -0.2) is 13.7 Å². The summed E-state index contributed by atoms with van der Waals surface area (Å²) in [6.07, 6.45) is -1.82. The summed E-state index contributed by atoms with van der Waals surface area (Å²) in [6, 6.07) is -3.80. The van der Waals surface area contributed by atoms with Crippen molar-refractivity contribution in [3.63, 3.8) is 0 Å². The summed E-state index contributed by atoms with van der Waals surface area (Å²) in [5.74, 6) is -1.64. The highest BCUT2D eigenvalue weighted by Gasteiger charge is 2.49. The summed E-state index contributed by atoms with van der Waals surface area (Å²) < 4.78 is 51.8. The molecule has 0 N–H and O–H groups in total. The molecule has 82 valence electrons. The summed E-state index contributed by atoms with van der Waals surface area (Å²) >= 11 is 4.83. The number of nitrogens with zero attached hydrogens (tertiary/aromatic N) is 1. The third-order valence-corrected chi connectivity index (χ3v) is 2.39. The first-order valence-electron chi connectivity index (χ1n) is 4.23. The van der Waals surface area contributed by atoms with E-state index in [0.29, 0.717) is 17.7 Å². The maximum absolute atomic E-state index is 13.2. The van der Waals surface area contributed by atoms with Crippen LogP contribution in [0.25, 0.3) is 0 Å². The predicted molar refractivity (Wildman–Crippen MR) is 45.7 cm³/mol. The molecule has 0 bridgehead atoms. The number of rotatable bonds is 3. The van der Waals surface area contributed by atoms with Gasteiger partial charge in [-0.15, -0.1) is 0 Å². The Morgan fingerprint density at radius 1 is 1.36 bits per heavy atom. The monoisotopic (exact) mass is 231 g/mol. The lowest BCUT2D eigenvalue weighted by Gasteiger charge is -2.28. The number of likely N-dealkylation sites (tertiary alicyclic amines) is 1. The van der Waals surface area contributed by atoms with Crippen molar-refractivity contribution >= 4 is 11.6 Å². The van der Waals surface area contributed by atoms with Gasteiger partial charge in [0.05, 0.1) is 0 Å². The molecule has 6 heteroatoms. The topological polar surface area (TPSA) is 3.24 Å². The second-order valence-electron chi connectivity index (χ2n) is 3.14. The van der Waals surface area contributed by atoms with Gasteiger partial charge in [-0.1, -0.05) is 11.6 Å². The van der Waals surface area contributed by atoms with E-state index in [0.717, 1.165) is 0 Å². The van der Waals surface area contributed by atoms with Crippen LogP contribution in [0.15, 0.2) is 11.4 Å². The van der Waals surface area contributed by atoms with Gasteiger partial charge in [-0.05, 0) is 12.8 Å². The van der Waals surface area contributed by atoms with Gasteiger partial charge in [-0.2, -0.15) is 8.78 Å². The molecule has 1 rings (SSSR count). The molecular weight excluding hydrogens is 222 g/mol. The minimum Gasteiger partial charge on any atom is -0.242 e. The van der Waals surface area contributed by atoms with E-state index in [4.69, 9.17) is 11.6 Å². The van der Waals surface area contributed by atoms with Crippen molar-refractivity contribution in [3.8, 4) is 0 Å². The largest absolute Gasteiger partial charge is 0.342 e. The SMILES string of the molecule is FC(=CCl)C(F)C(F)(F)N1CCCC1. The fraction of sp³-hybridized carbons (Fsp3) is 0.750. The molecule has 0 aromatic rings. The van der Waals surface area contributed by atoms with Crippen LogP contribution in [-0.4, -0.2) is 30.2 Å². The van der Waals surface area contributed by atoms with E-state index in [2.05, 4.69) is 0 Å². The Balaban J connectivity index is 2.72. The zero-order chi connectivity index (χ0) is 10.8. The smallest absolute Gasteiger partial charge is 0.242 e. The Kier molecular flexibility index (Phi) is 3.78. The van der Waals surface area contributed by atoms with E-state index in [1.54, 1.807) is 0 Å². The molecule has 1 aliphatic rings. The van der Waals surface area contributed by atoms with Gasteiger partial charge in [0.15, 0.2) is 5.83 Å². The molecule has 0 amide bonds. The first-order valence-corrected chi connectivity index (χ1v) is 4.66. The minimum atomic E-state index is -3.80. The fourth-order valence-corrected chi connectivity index (χ4v) is 1.51. The van der Waals surface area contributed by atoms with Crippen LogP contribution in [0.1, 0.15) is 12.8 Å². The van der Waals surface area contributed by atoms with Gasteiger partial charge in [0, 0.05) is 18.6 Å². The maximum Gasteiger partial charge on any atom is 0.342 e. The number of hydrogen-bond donors (Lipinski definition) is 0. The molecule has 1 saturated heterocycles. The Morgan fingerprint density at radius 3 is 2.29 bits per heavy atom. The molecule has 0 aromatic carbocycles. The summed E-state index contributed by atoms with van der Waals surface area (Å²) in [5, 5.41) is 0. The molecular formula is C8H10ClF4N. The van der Waals surface area contributed by atoms with Crippen LogP contribution in [0.5, 0.6) is 0 Å². The van der Waals surface area contributed by atoms with Gasteiger partial charge in [-0.3, -0.25) is 0 Å². The molecule has 14 heavy (non-hydrogen) atoms. The highest BCUT2D eigenvalue weighted by Crippen LogP contribution is 2.34. The molecule has 1 unspecified atom stereocenters. The second-order valence-corrected chi connectivity index (χ2v) is 3.36. The van der Waals surface area contributed by atoms with E-state index in [-0.39, 0.29) is 18.6 Å². The molecule has 0 aromatic heterocycles. The third kappa shape index (κ3) is 2.20. The lowest BCUT2D eigenvalue weighted by molar-refractivity contribution is -0.177. The Bertz CT molecular complexity index is 225. The van der Waals surface area contributed by atoms with Crippen molar-refractivity contribution in [3.05, 3.63) is 11.4 Å². The summed E-state index contributed by atoms with van der Waals surface area (Å²) in [5.41, 5.74) is 0.203. The summed E-state index contributed by atoms with van der Waals surface area (Å²) in [4.78, 5) is 0.637. The fourth-order valence-electron chi connectivity index (χ4n) is 1.40. The molecule has 1 fully saturated rings. The lowest BCUT2D eigenvalue weighted by atomic mass is 10.3. The van der Waals surface area contributed by atoms with E-state index in [9.17, 15) is 17.6 Å². The van der Waals surface area contributed by atoms with Crippen LogP contribution in [0.4, 0.5) is 17.6 Å². The van der Waals surface area contributed by atoms with Gasteiger partial charge < -0.3 is 0 Å². The van der Waals surface area contributed by atoms with Crippen LogP contribution in [0.3, 0.4) is 0 Å². The Hall–Kier alpha value is -0.290. The molecule has 1 heterocycles. The zero-order valence-electron chi connectivity index (χ0n) is 7.32. The molecule has 1 nitrogen and oxygen atoms in total. The normalized spacial score (nSPS) is 22.8. The van der Waals surface area contributed by atoms with E-state index in [1.165, 1.54) is 0 Å². The maximum atomic E-state index is 13.2. The minimum absolute atomic E-state index is 0.0863. The molecule has 0 spiro atoms. The van der Waals surface area contributed by atoms with E-state index in [1.807, 2.05) is 0 Å². The number of alkyl halides is 3. The first kappa shape index (κ1) is 11.8. The van der Waals surface area contributed by atoms with Gasteiger partial charge >= 0.3 is 6.05 Å². The van der Waals surface area contributed by atoms with Crippen molar-refractivity contribution in [2.75, 3.05) is 13.1 Å². The Morgan fingerprint density at radius 2 is 1.86 bits per heavy atom. The standard InChI is InChI=1S/C8H10ClF4N/c9-5-6(10)7(11)8(12,13)14-3-1-2-4-14/h5,7H,1-4H2. The predicted octanol–water partition coefficient (Wildman–Crippen LogP) is 3.06. The number of hydrogen-bond acceptors (Lipinski definition) is 1. The Labute approximate surface area is 84.3 Å². The van der Waals surface area contributed by atoms with Crippen LogP contribution >= 0.6 is 11.6 Å². The first-order chi connectivity index (χ1) is 6.50.